The van der Waals surface area contributed by atoms with E-state index in [1.54, 1.807) is 0 Å². The van der Waals surface area contributed by atoms with E-state index >= 15 is 0 Å². The standard InChI is InChI=1S/C58H116N6O4/c1-11-17-19-21-23-25-27-29-31-33-37-43-53(65)63(49-41-47-61(13-3)14-4)55(51(7)8)57(67)59-45-39-35-36-40-46-60-58(68)56(52(9)10)64(50-42-48-62(15-5)16-6)54(66)44-38-34-32-30-28-26-24-22-20-18-12-2/h51-52,55-56H,11-50H2,1-10H3,(H,59,67)(H,60,68). The Bertz CT molecular complexity index is 1100. The van der Waals surface area contributed by atoms with Crippen LogP contribution in [-0.2, 0) is 19.2 Å². The summed E-state index contributed by atoms with van der Waals surface area (Å²) in [4.78, 5) is 63.9. The highest BCUT2D eigenvalue weighted by Crippen LogP contribution is 2.20. The van der Waals surface area contributed by atoms with Gasteiger partial charge in [-0.1, -0.05) is 210 Å². The van der Waals surface area contributed by atoms with Crippen LogP contribution in [0.2, 0.25) is 0 Å². The summed E-state index contributed by atoms with van der Waals surface area (Å²) in [7, 11) is 0. The summed E-state index contributed by atoms with van der Waals surface area (Å²) in [6, 6.07) is -0.946. The predicted octanol–water partition coefficient (Wildman–Crippen LogP) is 13.4. The summed E-state index contributed by atoms with van der Waals surface area (Å²) in [5.41, 5.74) is 0. The van der Waals surface area contributed by atoms with Crippen molar-refractivity contribution >= 4 is 23.6 Å². The number of hydrogen-bond acceptors (Lipinski definition) is 6. The van der Waals surface area contributed by atoms with Gasteiger partial charge in [0.2, 0.25) is 23.6 Å². The van der Waals surface area contributed by atoms with Crippen LogP contribution in [0.5, 0.6) is 0 Å². The third kappa shape index (κ3) is 33.4. The topological polar surface area (TPSA) is 105 Å². The van der Waals surface area contributed by atoms with Crippen molar-refractivity contribution in [2.24, 2.45) is 11.8 Å². The molecule has 0 bridgehead atoms. The summed E-state index contributed by atoms with van der Waals surface area (Å²) < 4.78 is 0. The van der Waals surface area contributed by atoms with Crippen LogP contribution in [0.25, 0.3) is 0 Å². The van der Waals surface area contributed by atoms with Gasteiger partial charge in [-0.05, 0) is 89.6 Å². The fraction of sp³-hybridized carbons (Fsp3) is 0.931. The van der Waals surface area contributed by atoms with Gasteiger partial charge in [0.1, 0.15) is 12.1 Å². The molecule has 402 valence electrons. The molecule has 0 radical (unpaired) electrons. The molecule has 68 heavy (non-hydrogen) atoms. The lowest BCUT2D eigenvalue weighted by molar-refractivity contribution is -0.142. The third-order valence-electron chi connectivity index (χ3n) is 14.3. The van der Waals surface area contributed by atoms with E-state index in [0.717, 1.165) is 103 Å². The van der Waals surface area contributed by atoms with E-state index < -0.39 is 12.1 Å². The number of amides is 4. The van der Waals surface area contributed by atoms with Gasteiger partial charge in [-0.2, -0.15) is 0 Å². The summed E-state index contributed by atoms with van der Waals surface area (Å²) in [6.07, 6.45) is 33.8. The summed E-state index contributed by atoms with van der Waals surface area (Å²) >= 11 is 0. The van der Waals surface area contributed by atoms with Gasteiger partial charge in [-0.25, -0.2) is 0 Å². The molecule has 0 aliphatic heterocycles. The van der Waals surface area contributed by atoms with E-state index in [0.29, 0.717) is 39.0 Å². The average molecular weight is 962 g/mol. The molecule has 0 aromatic rings. The maximum atomic E-state index is 13.8. The molecule has 2 N–H and O–H groups in total. The van der Waals surface area contributed by atoms with E-state index in [2.05, 4.69) is 89.7 Å². The molecule has 0 fully saturated rings. The molecule has 0 spiro atoms. The van der Waals surface area contributed by atoms with Crippen LogP contribution < -0.4 is 10.6 Å². The van der Waals surface area contributed by atoms with Crippen molar-refractivity contribution in [3.05, 3.63) is 0 Å². The first-order valence-corrected chi connectivity index (χ1v) is 29.5. The van der Waals surface area contributed by atoms with Crippen LogP contribution in [0.1, 0.15) is 262 Å². The van der Waals surface area contributed by atoms with Gasteiger partial charge in [0.05, 0.1) is 0 Å². The van der Waals surface area contributed by atoms with Gasteiger partial charge < -0.3 is 30.2 Å². The van der Waals surface area contributed by atoms with Crippen molar-refractivity contribution in [3.8, 4) is 0 Å². The number of unbranched alkanes of at least 4 members (excludes halogenated alkanes) is 23. The molecule has 0 aliphatic rings. The molecular formula is C58H116N6O4. The second-order valence-corrected chi connectivity index (χ2v) is 20.9. The van der Waals surface area contributed by atoms with Crippen LogP contribution >= 0.6 is 0 Å². The van der Waals surface area contributed by atoms with Crippen molar-refractivity contribution in [3.63, 3.8) is 0 Å². The van der Waals surface area contributed by atoms with Crippen LogP contribution in [0.4, 0.5) is 0 Å². The largest absolute Gasteiger partial charge is 0.354 e. The van der Waals surface area contributed by atoms with Crippen molar-refractivity contribution < 1.29 is 19.2 Å². The molecule has 0 rings (SSSR count). The first-order chi connectivity index (χ1) is 32.9. The maximum absolute atomic E-state index is 13.8. The predicted molar refractivity (Wildman–Crippen MR) is 292 cm³/mol. The number of hydrogen-bond donors (Lipinski definition) is 2. The van der Waals surface area contributed by atoms with E-state index in [1.165, 1.54) is 116 Å². The van der Waals surface area contributed by atoms with E-state index in [1.807, 2.05) is 9.80 Å². The van der Waals surface area contributed by atoms with Gasteiger partial charge in [0, 0.05) is 39.0 Å². The third-order valence-corrected chi connectivity index (χ3v) is 14.3. The molecule has 10 nitrogen and oxygen atoms in total. The van der Waals surface area contributed by atoms with E-state index in [-0.39, 0.29) is 35.5 Å². The Morgan fingerprint density at radius 1 is 0.338 bits per heavy atom. The molecule has 4 amide bonds. The Morgan fingerprint density at radius 3 is 0.868 bits per heavy atom. The number of carbonyl (C=O) groups excluding carboxylic acids is 4. The highest BCUT2D eigenvalue weighted by atomic mass is 16.2. The van der Waals surface area contributed by atoms with Crippen molar-refractivity contribution in [1.29, 1.82) is 0 Å². The number of rotatable bonds is 49. The number of carbonyl (C=O) groups is 4. The molecule has 0 saturated carbocycles. The molecular weight excluding hydrogens is 845 g/mol. The zero-order chi connectivity index (χ0) is 50.6. The van der Waals surface area contributed by atoms with Crippen LogP contribution in [0, 0.1) is 11.8 Å². The first-order valence-electron chi connectivity index (χ1n) is 29.5. The SMILES string of the molecule is CCCCCCCCCCCCCC(=O)N(CCCN(CC)CC)C(C(=O)NCCCCCCNC(=O)C(C(C)C)N(CCCN(CC)CC)C(=O)CCCCCCCCCCCCC)C(C)C. The Balaban J connectivity index is 5.14. The zero-order valence-corrected chi connectivity index (χ0v) is 47.0. The lowest BCUT2D eigenvalue weighted by Gasteiger charge is -2.34. The summed E-state index contributed by atoms with van der Waals surface area (Å²) in [5, 5.41) is 6.41. The lowest BCUT2D eigenvalue weighted by atomic mass is 9.99. The average Bonchev–Trinajstić information content (AvgIpc) is 3.32. The molecule has 0 aromatic heterocycles. The van der Waals surface area contributed by atoms with E-state index in [9.17, 15) is 19.2 Å². The van der Waals surface area contributed by atoms with E-state index in [4.69, 9.17) is 0 Å². The quantitative estimate of drug-likeness (QED) is 0.0589. The first kappa shape index (κ1) is 65.8. The lowest BCUT2D eigenvalue weighted by Crippen LogP contribution is -2.53. The molecule has 0 aliphatic carbocycles. The highest BCUT2D eigenvalue weighted by Gasteiger charge is 2.33. The minimum atomic E-state index is -0.473. The summed E-state index contributed by atoms with van der Waals surface area (Å²) in [6.45, 7) is 29.7. The van der Waals surface area contributed by atoms with Gasteiger partial charge in [-0.15, -0.1) is 0 Å². The number of nitrogens with one attached hydrogen (secondary N) is 2. The van der Waals surface area contributed by atoms with Crippen LogP contribution in [-0.4, -0.2) is 121 Å². The van der Waals surface area contributed by atoms with Gasteiger partial charge in [-0.3, -0.25) is 19.2 Å². The highest BCUT2D eigenvalue weighted by molar-refractivity contribution is 5.88. The fourth-order valence-corrected chi connectivity index (χ4v) is 9.86. The zero-order valence-electron chi connectivity index (χ0n) is 47.0. The van der Waals surface area contributed by atoms with Gasteiger partial charge in [0.25, 0.3) is 0 Å². The smallest absolute Gasteiger partial charge is 0.243 e. The van der Waals surface area contributed by atoms with Gasteiger partial charge >= 0.3 is 0 Å². The van der Waals surface area contributed by atoms with Crippen molar-refractivity contribution in [2.75, 3.05) is 65.4 Å². The molecule has 2 unspecified atom stereocenters. The molecule has 0 saturated heterocycles. The minimum absolute atomic E-state index is 0.0149. The van der Waals surface area contributed by atoms with Crippen LogP contribution in [0.15, 0.2) is 0 Å². The Labute approximate surface area is 422 Å². The Morgan fingerprint density at radius 2 is 0.603 bits per heavy atom. The minimum Gasteiger partial charge on any atom is -0.354 e. The Kier molecular flexibility index (Phi) is 44.4. The summed E-state index contributed by atoms with van der Waals surface area (Å²) in [5.74, 6) is 0.186. The maximum Gasteiger partial charge on any atom is 0.243 e. The van der Waals surface area contributed by atoms with Crippen molar-refractivity contribution in [2.45, 2.75) is 274 Å². The second-order valence-electron chi connectivity index (χ2n) is 20.9. The van der Waals surface area contributed by atoms with Crippen LogP contribution in [0.3, 0.4) is 0 Å². The molecule has 2 atom stereocenters. The monoisotopic (exact) mass is 961 g/mol. The normalized spacial score (nSPS) is 12.6. The Hall–Kier alpha value is -2.20. The number of nitrogens with zero attached hydrogens (tertiary/aromatic N) is 4. The fourth-order valence-electron chi connectivity index (χ4n) is 9.86. The molecule has 10 heteroatoms. The van der Waals surface area contributed by atoms with Gasteiger partial charge in [0.15, 0.2) is 0 Å². The molecule has 0 heterocycles. The van der Waals surface area contributed by atoms with Crippen molar-refractivity contribution in [1.82, 2.24) is 30.2 Å². The second kappa shape index (κ2) is 45.9. The molecule has 0 aromatic carbocycles.